The number of carbonyl (C=O) groups excluding carboxylic acids is 2. The number of aromatic nitrogens is 3. The molecule has 3 aliphatic rings. The maximum absolute atomic E-state index is 13.0. The molecule has 0 unspecified atom stereocenters. The number of halogens is 1. The van der Waals surface area contributed by atoms with E-state index >= 15 is 0 Å². The smallest absolute Gasteiger partial charge is 0.328 e. The number of anilines is 2. The molecule has 0 aliphatic carbocycles. The zero-order chi connectivity index (χ0) is 28.2. The van der Waals surface area contributed by atoms with Crippen LogP contribution in [0.4, 0.5) is 16.7 Å². The van der Waals surface area contributed by atoms with E-state index in [1.54, 1.807) is 36.4 Å². The van der Waals surface area contributed by atoms with Crippen molar-refractivity contribution in [3.63, 3.8) is 0 Å². The van der Waals surface area contributed by atoms with Crippen LogP contribution < -0.4 is 14.5 Å². The molecule has 0 saturated carbocycles. The van der Waals surface area contributed by atoms with Gasteiger partial charge in [-0.25, -0.2) is 0 Å². The number of rotatable bonds is 7. The molecule has 3 fully saturated rings. The van der Waals surface area contributed by atoms with Crippen LogP contribution in [-0.4, -0.2) is 83.6 Å². The Bertz CT molecular complexity index is 1420. The number of carbonyl (C=O) groups is 2. The summed E-state index contributed by atoms with van der Waals surface area (Å²) in [4.78, 5) is 45.1. The van der Waals surface area contributed by atoms with Crippen LogP contribution in [-0.2, 0) is 20.8 Å². The summed E-state index contributed by atoms with van der Waals surface area (Å²) in [5.74, 6) is 1.29. The Kier molecular flexibility index (Phi) is 8.33. The lowest BCUT2D eigenvalue weighted by molar-refractivity contribution is -0.123. The summed E-state index contributed by atoms with van der Waals surface area (Å²) in [5, 5.41) is 0.238. The van der Waals surface area contributed by atoms with E-state index in [2.05, 4.69) is 19.8 Å². The van der Waals surface area contributed by atoms with Gasteiger partial charge in [0.15, 0.2) is 0 Å². The van der Waals surface area contributed by atoms with Crippen molar-refractivity contribution in [2.45, 2.75) is 6.54 Å². The number of hydrogen-bond acceptors (Lipinski definition) is 11. The normalized spacial score (nSPS) is 18.9. The van der Waals surface area contributed by atoms with Crippen molar-refractivity contribution >= 4 is 52.5 Å². The van der Waals surface area contributed by atoms with Gasteiger partial charge in [-0.3, -0.25) is 14.5 Å². The minimum atomic E-state index is -0.336. The third-order valence-corrected chi connectivity index (χ3v) is 7.81. The van der Waals surface area contributed by atoms with E-state index in [1.807, 2.05) is 18.2 Å². The molecule has 1 aromatic heterocycles. The number of nitrogens with zero attached hydrogens (tertiary/aromatic N) is 6. The first-order chi connectivity index (χ1) is 20.0. The molecule has 41 heavy (non-hydrogen) atoms. The standard InChI is InChI=1S/C28H27ClN6O5S/c29-21-3-1-2-20(16-21)18-35-24(36)23(41-28(35)37)17-19-4-6-22(7-5-19)40-27-31-25(33-8-12-38-13-9-33)30-26(32-27)34-10-14-39-15-11-34/h1-7,16-17H,8-15,18H2/b23-17-. The summed E-state index contributed by atoms with van der Waals surface area (Å²) >= 11 is 6.97. The number of imide groups is 1. The predicted octanol–water partition coefficient (Wildman–Crippen LogP) is 4.23. The number of benzene rings is 2. The van der Waals surface area contributed by atoms with Crippen LogP contribution in [0.2, 0.25) is 5.02 Å². The first-order valence-corrected chi connectivity index (χ1v) is 14.4. The minimum absolute atomic E-state index is 0.167. The zero-order valence-corrected chi connectivity index (χ0v) is 23.6. The molecule has 3 saturated heterocycles. The lowest BCUT2D eigenvalue weighted by Crippen LogP contribution is -2.40. The number of thioether (sulfide) groups is 1. The van der Waals surface area contributed by atoms with Crippen molar-refractivity contribution in [1.82, 2.24) is 19.9 Å². The van der Waals surface area contributed by atoms with Gasteiger partial charge in [-0.2, -0.15) is 15.0 Å². The van der Waals surface area contributed by atoms with Crippen molar-refractivity contribution in [2.24, 2.45) is 0 Å². The Morgan fingerprint density at radius 1 is 0.878 bits per heavy atom. The number of morpholine rings is 2. The summed E-state index contributed by atoms with van der Waals surface area (Å²) in [6.45, 7) is 5.34. The van der Waals surface area contributed by atoms with Gasteiger partial charge < -0.3 is 24.0 Å². The largest absolute Gasteiger partial charge is 0.424 e. The quantitative estimate of drug-likeness (QED) is 0.367. The van der Waals surface area contributed by atoms with Crippen LogP contribution in [0.3, 0.4) is 0 Å². The summed E-state index contributed by atoms with van der Waals surface area (Å²) in [5.41, 5.74) is 1.54. The Morgan fingerprint density at radius 2 is 1.51 bits per heavy atom. The SMILES string of the molecule is O=C1S/C(=C\c2ccc(Oc3nc(N4CCOCC4)nc(N4CCOCC4)n3)cc2)C(=O)N1Cc1cccc(Cl)c1. The van der Waals surface area contributed by atoms with Crippen molar-refractivity contribution in [3.05, 3.63) is 69.6 Å². The molecule has 3 aliphatic heterocycles. The molecule has 6 rings (SSSR count). The second kappa shape index (κ2) is 12.4. The number of amides is 2. The zero-order valence-electron chi connectivity index (χ0n) is 22.1. The molecule has 0 radical (unpaired) electrons. The number of hydrogen-bond donors (Lipinski definition) is 0. The van der Waals surface area contributed by atoms with Crippen molar-refractivity contribution in [2.75, 3.05) is 62.4 Å². The molecule has 0 atom stereocenters. The summed E-state index contributed by atoms with van der Waals surface area (Å²) in [6, 6.07) is 14.5. The highest BCUT2D eigenvalue weighted by Crippen LogP contribution is 2.34. The van der Waals surface area contributed by atoms with Crippen LogP contribution in [0.5, 0.6) is 11.8 Å². The maximum Gasteiger partial charge on any atom is 0.328 e. The van der Waals surface area contributed by atoms with E-state index in [4.69, 9.17) is 30.8 Å². The van der Waals surface area contributed by atoms with Gasteiger partial charge in [0.1, 0.15) is 5.75 Å². The third kappa shape index (κ3) is 6.62. The highest BCUT2D eigenvalue weighted by molar-refractivity contribution is 8.18. The van der Waals surface area contributed by atoms with Gasteiger partial charge in [0, 0.05) is 31.2 Å². The second-order valence-corrected chi connectivity index (χ2v) is 10.9. The van der Waals surface area contributed by atoms with Gasteiger partial charge in [-0.15, -0.1) is 0 Å². The fourth-order valence-electron chi connectivity index (χ4n) is 4.53. The van der Waals surface area contributed by atoms with Gasteiger partial charge in [0.25, 0.3) is 11.1 Å². The summed E-state index contributed by atoms with van der Waals surface area (Å²) < 4.78 is 17.0. The monoisotopic (exact) mass is 594 g/mol. The van der Waals surface area contributed by atoms with E-state index in [9.17, 15) is 9.59 Å². The van der Waals surface area contributed by atoms with E-state index in [1.165, 1.54) is 4.90 Å². The molecule has 2 amide bonds. The topological polar surface area (TPSA) is 110 Å². The fourth-order valence-corrected chi connectivity index (χ4v) is 5.58. The highest BCUT2D eigenvalue weighted by Gasteiger charge is 2.35. The van der Waals surface area contributed by atoms with Crippen molar-refractivity contribution in [3.8, 4) is 11.8 Å². The third-order valence-electron chi connectivity index (χ3n) is 6.67. The summed E-state index contributed by atoms with van der Waals surface area (Å²) in [6.07, 6.45) is 1.70. The molecule has 11 nitrogen and oxygen atoms in total. The Hall–Kier alpha value is -3.71. The fraction of sp³-hybridized carbons (Fsp3) is 0.321. The Balaban J connectivity index is 1.17. The molecule has 2 aromatic carbocycles. The van der Waals surface area contributed by atoms with Gasteiger partial charge in [0.05, 0.1) is 37.9 Å². The lowest BCUT2D eigenvalue weighted by atomic mass is 10.2. The van der Waals surface area contributed by atoms with E-state index in [-0.39, 0.29) is 23.7 Å². The minimum Gasteiger partial charge on any atom is -0.424 e. The van der Waals surface area contributed by atoms with E-state index < -0.39 is 0 Å². The molecule has 0 N–H and O–H groups in total. The average Bonchev–Trinajstić information content (AvgIpc) is 3.26. The lowest BCUT2D eigenvalue weighted by Gasteiger charge is -2.30. The van der Waals surface area contributed by atoms with Gasteiger partial charge in [-0.05, 0) is 53.2 Å². The molecular weight excluding hydrogens is 568 g/mol. The average molecular weight is 595 g/mol. The van der Waals surface area contributed by atoms with Gasteiger partial charge in [-0.1, -0.05) is 35.9 Å². The molecule has 0 bridgehead atoms. The molecule has 4 heterocycles. The molecule has 0 spiro atoms. The Morgan fingerprint density at radius 3 is 2.12 bits per heavy atom. The van der Waals surface area contributed by atoms with Gasteiger partial charge >= 0.3 is 6.01 Å². The molecule has 3 aromatic rings. The summed E-state index contributed by atoms with van der Waals surface area (Å²) in [7, 11) is 0. The van der Waals surface area contributed by atoms with Crippen LogP contribution in [0.25, 0.3) is 6.08 Å². The van der Waals surface area contributed by atoms with Gasteiger partial charge in [0.2, 0.25) is 11.9 Å². The number of ether oxygens (including phenoxy) is 3. The first kappa shape index (κ1) is 27.5. The van der Waals surface area contributed by atoms with Crippen LogP contribution in [0.15, 0.2) is 53.4 Å². The molecule has 13 heteroatoms. The van der Waals surface area contributed by atoms with Crippen LogP contribution >= 0.6 is 23.4 Å². The predicted molar refractivity (Wildman–Crippen MR) is 155 cm³/mol. The van der Waals surface area contributed by atoms with E-state index in [0.717, 1.165) is 22.9 Å². The van der Waals surface area contributed by atoms with E-state index in [0.29, 0.717) is 80.2 Å². The highest BCUT2D eigenvalue weighted by atomic mass is 35.5. The van der Waals surface area contributed by atoms with Crippen molar-refractivity contribution in [1.29, 1.82) is 0 Å². The molecular formula is C28H27ClN6O5S. The maximum atomic E-state index is 13.0. The first-order valence-electron chi connectivity index (χ1n) is 13.2. The van der Waals surface area contributed by atoms with Crippen LogP contribution in [0, 0.1) is 0 Å². The molecule has 212 valence electrons. The Labute approximate surface area is 246 Å². The second-order valence-electron chi connectivity index (χ2n) is 9.49. The van der Waals surface area contributed by atoms with Crippen molar-refractivity contribution < 1.29 is 23.8 Å². The van der Waals surface area contributed by atoms with Crippen LogP contribution in [0.1, 0.15) is 11.1 Å².